The Labute approximate surface area is 54.7 Å². The van der Waals surface area contributed by atoms with Gasteiger partial charge in [0.2, 0.25) is 0 Å². The molecule has 0 radical (unpaired) electrons. The van der Waals surface area contributed by atoms with E-state index in [1.807, 2.05) is 12.1 Å². The summed E-state index contributed by atoms with van der Waals surface area (Å²) in [4.78, 5) is 2.11. The zero-order valence-corrected chi connectivity index (χ0v) is 6.38. The third-order valence-electron chi connectivity index (χ3n) is 0.955. The molecule has 0 saturated heterocycles. The third kappa shape index (κ3) is 1.22. The van der Waals surface area contributed by atoms with E-state index in [1.165, 1.54) is 4.44 Å². The van der Waals surface area contributed by atoms with E-state index in [1.54, 1.807) is 6.92 Å². The molecule has 44 valence electrons. The minimum absolute atomic E-state index is 0.231. The van der Waals surface area contributed by atoms with Crippen molar-refractivity contribution in [1.82, 2.24) is 0 Å². The van der Waals surface area contributed by atoms with Gasteiger partial charge < -0.3 is 0 Å². The summed E-state index contributed by atoms with van der Waals surface area (Å²) in [5, 5.41) is 8.96. The Morgan fingerprint density at radius 2 is 2.50 bits per heavy atom. The summed E-state index contributed by atoms with van der Waals surface area (Å²) in [5.41, 5.74) is 0. The first kappa shape index (κ1) is 6.09. The molecule has 1 N–H and O–H groups in total. The van der Waals surface area contributed by atoms with E-state index in [-0.39, 0.29) is 6.10 Å². The summed E-state index contributed by atoms with van der Waals surface area (Å²) in [5.74, 6) is 0. The second-order valence-corrected chi connectivity index (χ2v) is 3.75. The average molecular weight is 175 g/mol. The summed E-state index contributed by atoms with van der Waals surface area (Å²) in [6.07, 6.45) is -0.231. The van der Waals surface area contributed by atoms with E-state index in [2.05, 4.69) is 4.94 Å². The van der Waals surface area contributed by atoms with Crippen LogP contribution in [0, 0.1) is 0 Å². The molecule has 0 bridgehead atoms. The molecule has 1 heterocycles. The molecule has 0 fully saturated rings. The van der Waals surface area contributed by atoms with E-state index in [4.69, 9.17) is 5.11 Å². The standard InChI is InChI=1S/C6H8OSe/c1-5(7)6-3-2-4-8-6/h2-5,7H,1H3. The summed E-state index contributed by atoms with van der Waals surface area (Å²) < 4.78 is 1.18. The summed E-state index contributed by atoms with van der Waals surface area (Å²) in [7, 11) is 0. The molecule has 0 amide bonds. The van der Waals surface area contributed by atoms with E-state index in [0.717, 1.165) is 0 Å². The Bertz CT molecular complexity index is 144. The van der Waals surface area contributed by atoms with Gasteiger partial charge in [0.25, 0.3) is 0 Å². The van der Waals surface area contributed by atoms with E-state index in [9.17, 15) is 0 Å². The number of hydrogen-bond acceptors (Lipinski definition) is 1. The van der Waals surface area contributed by atoms with Crippen molar-refractivity contribution >= 4 is 14.5 Å². The quantitative estimate of drug-likeness (QED) is 0.626. The van der Waals surface area contributed by atoms with Gasteiger partial charge in [-0.25, -0.2) is 0 Å². The molecule has 1 aromatic heterocycles. The zero-order chi connectivity index (χ0) is 5.98. The molecule has 0 spiro atoms. The summed E-state index contributed by atoms with van der Waals surface area (Å²) in [6, 6.07) is 3.99. The van der Waals surface area contributed by atoms with Crippen molar-refractivity contribution in [2.24, 2.45) is 0 Å². The molecule has 0 aliphatic heterocycles. The minimum atomic E-state index is -0.231. The van der Waals surface area contributed by atoms with Gasteiger partial charge in [-0.05, 0) is 0 Å². The molecular formula is C6H8OSe. The predicted molar refractivity (Wildman–Crippen MR) is 34.0 cm³/mol. The van der Waals surface area contributed by atoms with Crippen LogP contribution in [-0.2, 0) is 0 Å². The van der Waals surface area contributed by atoms with E-state index >= 15 is 0 Å². The van der Waals surface area contributed by atoms with Crippen LogP contribution in [0.2, 0.25) is 0 Å². The molecule has 1 nitrogen and oxygen atoms in total. The van der Waals surface area contributed by atoms with E-state index in [0.29, 0.717) is 14.5 Å². The zero-order valence-electron chi connectivity index (χ0n) is 4.66. The molecular weight excluding hydrogens is 167 g/mol. The fourth-order valence-corrected chi connectivity index (χ4v) is 1.93. The maximum absolute atomic E-state index is 8.96. The fraction of sp³-hybridized carbons (Fsp3) is 0.333. The molecule has 2 heteroatoms. The topological polar surface area (TPSA) is 20.2 Å². The molecule has 1 atom stereocenters. The number of hydrogen-bond donors (Lipinski definition) is 1. The van der Waals surface area contributed by atoms with Crippen LogP contribution in [0.4, 0.5) is 0 Å². The first-order valence-corrected chi connectivity index (χ1v) is 4.36. The van der Waals surface area contributed by atoms with Crippen LogP contribution in [0.1, 0.15) is 17.5 Å². The molecule has 1 aromatic rings. The van der Waals surface area contributed by atoms with Crippen LogP contribution in [0.15, 0.2) is 17.1 Å². The van der Waals surface area contributed by atoms with Crippen molar-refractivity contribution < 1.29 is 5.11 Å². The first-order chi connectivity index (χ1) is 3.80. The first-order valence-electron chi connectivity index (χ1n) is 2.52. The van der Waals surface area contributed by atoms with Gasteiger partial charge >= 0.3 is 54.1 Å². The molecule has 0 aromatic carbocycles. The molecule has 0 aliphatic carbocycles. The van der Waals surface area contributed by atoms with Gasteiger partial charge in [-0.1, -0.05) is 0 Å². The van der Waals surface area contributed by atoms with Crippen molar-refractivity contribution in [1.29, 1.82) is 0 Å². The van der Waals surface area contributed by atoms with Gasteiger partial charge in [0.05, 0.1) is 0 Å². The number of aliphatic hydroxyl groups is 1. The monoisotopic (exact) mass is 176 g/mol. The third-order valence-corrected chi connectivity index (χ3v) is 3.14. The van der Waals surface area contributed by atoms with Gasteiger partial charge in [0.1, 0.15) is 0 Å². The average Bonchev–Trinajstić information content (AvgIpc) is 2.12. The van der Waals surface area contributed by atoms with Crippen LogP contribution in [0.3, 0.4) is 0 Å². The van der Waals surface area contributed by atoms with Crippen LogP contribution in [0.5, 0.6) is 0 Å². The number of aliphatic hydroxyl groups excluding tert-OH is 1. The predicted octanol–water partition coefficient (Wildman–Crippen LogP) is 0.797. The van der Waals surface area contributed by atoms with Gasteiger partial charge in [0, 0.05) is 0 Å². The summed E-state index contributed by atoms with van der Waals surface area (Å²) in [6.45, 7) is 1.81. The second-order valence-electron chi connectivity index (χ2n) is 1.69. The number of rotatable bonds is 1. The van der Waals surface area contributed by atoms with Crippen LogP contribution in [0.25, 0.3) is 0 Å². The van der Waals surface area contributed by atoms with Gasteiger partial charge in [-0.3, -0.25) is 0 Å². The summed E-state index contributed by atoms with van der Waals surface area (Å²) >= 11 is 0.439. The van der Waals surface area contributed by atoms with Gasteiger partial charge in [0.15, 0.2) is 0 Å². The van der Waals surface area contributed by atoms with Crippen molar-refractivity contribution in [3.63, 3.8) is 0 Å². The molecule has 1 unspecified atom stereocenters. The SMILES string of the molecule is CC(O)c1ccc[se]1. The Kier molecular flexibility index (Phi) is 1.90. The van der Waals surface area contributed by atoms with E-state index < -0.39 is 0 Å². The van der Waals surface area contributed by atoms with Crippen molar-refractivity contribution in [3.8, 4) is 0 Å². The van der Waals surface area contributed by atoms with Crippen LogP contribution in [-0.4, -0.2) is 19.6 Å². The Morgan fingerprint density at radius 3 is 2.75 bits per heavy atom. The Morgan fingerprint density at radius 1 is 1.75 bits per heavy atom. The van der Waals surface area contributed by atoms with Crippen molar-refractivity contribution in [2.75, 3.05) is 0 Å². The second kappa shape index (κ2) is 2.49. The van der Waals surface area contributed by atoms with Crippen LogP contribution >= 0.6 is 0 Å². The molecule has 0 aliphatic rings. The van der Waals surface area contributed by atoms with Gasteiger partial charge in [-0.15, -0.1) is 0 Å². The van der Waals surface area contributed by atoms with Crippen molar-refractivity contribution in [2.45, 2.75) is 13.0 Å². The van der Waals surface area contributed by atoms with Crippen LogP contribution < -0.4 is 0 Å². The van der Waals surface area contributed by atoms with Gasteiger partial charge in [-0.2, -0.15) is 0 Å². The fourth-order valence-electron chi connectivity index (χ4n) is 0.529. The normalized spacial score (nSPS) is 13.8. The molecule has 8 heavy (non-hydrogen) atoms. The Hall–Kier alpha value is -0.0405. The van der Waals surface area contributed by atoms with Crippen molar-refractivity contribution in [3.05, 3.63) is 21.5 Å². The maximum atomic E-state index is 8.96. The molecule has 0 saturated carbocycles. The Balaban J connectivity index is 2.77. The molecule has 1 rings (SSSR count).